The number of hydrogen-bond donors (Lipinski definition) is 1. The Morgan fingerprint density at radius 2 is 2.06 bits per heavy atom. The van der Waals surface area contributed by atoms with Crippen LogP contribution in [0.2, 0.25) is 0 Å². The first-order valence-corrected chi connectivity index (χ1v) is 5.56. The Labute approximate surface area is 96.8 Å². The van der Waals surface area contributed by atoms with Gasteiger partial charge in [0, 0.05) is 17.6 Å². The molecule has 3 heteroatoms. The largest absolute Gasteiger partial charge is 0.494 e. The van der Waals surface area contributed by atoms with Crippen molar-refractivity contribution in [2.75, 3.05) is 7.11 Å². The fraction of sp³-hybridized carbons (Fsp3) is 0.538. The van der Waals surface area contributed by atoms with Crippen LogP contribution in [-0.2, 0) is 6.54 Å². The molecule has 0 aromatic heterocycles. The highest BCUT2D eigenvalue weighted by Gasteiger charge is 2.15. The van der Waals surface area contributed by atoms with Crippen molar-refractivity contribution in [3.63, 3.8) is 0 Å². The van der Waals surface area contributed by atoms with E-state index in [9.17, 15) is 4.39 Å². The molecule has 0 amide bonds. The van der Waals surface area contributed by atoms with Crippen molar-refractivity contribution in [1.29, 1.82) is 0 Å². The predicted molar refractivity (Wildman–Crippen MR) is 64.2 cm³/mol. The summed E-state index contributed by atoms with van der Waals surface area (Å²) in [6.07, 6.45) is 0.999. The van der Waals surface area contributed by atoms with Gasteiger partial charge in [-0.3, -0.25) is 0 Å². The van der Waals surface area contributed by atoms with Gasteiger partial charge in [-0.1, -0.05) is 19.1 Å². The van der Waals surface area contributed by atoms with E-state index in [1.807, 2.05) is 0 Å². The topological polar surface area (TPSA) is 21.3 Å². The summed E-state index contributed by atoms with van der Waals surface area (Å²) in [5, 5.41) is 3.32. The molecule has 90 valence electrons. The van der Waals surface area contributed by atoms with Gasteiger partial charge in [0.15, 0.2) is 11.6 Å². The lowest BCUT2D eigenvalue weighted by atomic mass is 10.0. The molecule has 1 aromatic rings. The van der Waals surface area contributed by atoms with E-state index in [4.69, 9.17) is 4.74 Å². The summed E-state index contributed by atoms with van der Waals surface area (Å²) in [5.41, 5.74) is 0.663. The summed E-state index contributed by atoms with van der Waals surface area (Å²) < 4.78 is 18.7. The molecular formula is C13H20FNO. The highest BCUT2D eigenvalue weighted by Crippen LogP contribution is 2.20. The van der Waals surface area contributed by atoms with Gasteiger partial charge in [-0.05, 0) is 26.3 Å². The van der Waals surface area contributed by atoms with E-state index in [1.165, 1.54) is 7.11 Å². The molecule has 2 nitrogen and oxygen atoms in total. The number of hydrogen-bond acceptors (Lipinski definition) is 2. The van der Waals surface area contributed by atoms with Gasteiger partial charge in [-0.25, -0.2) is 4.39 Å². The predicted octanol–water partition coefficient (Wildman–Crippen LogP) is 3.11. The van der Waals surface area contributed by atoms with E-state index in [-0.39, 0.29) is 11.4 Å². The van der Waals surface area contributed by atoms with Crippen LogP contribution in [0.5, 0.6) is 5.75 Å². The summed E-state index contributed by atoms with van der Waals surface area (Å²) in [6, 6.07) is 5.21. The van der Waals surface area contributed by atoms with Crippen LogP contribution in [0, 0.1) is 5.82 Å². The lowest BCUT2D eigenvalue weighted by Crippen LogP contribution is -2.38. The number of rotatable bonds is 5. The second-order valence-electron chi connectivity index (χ2n) is 4.52. The van der Waals surface area contributed by atoms with Gasteiger partial charge in [0.05, 0.1) is 7.11 Å². The molecule has 0 bridgehead atoms. The molecular weight excluding hydrogens is 205 g/mol. The number of methoxy groups -OCH3 is 1. The van der Waals surface area contributed by atoms with Crippen LogP contribution in [-0.4, -0.2) is 12.6 Å². The van der Waals surface area contributed by atoms with E-state index in [0.29, 0.717) is 17.9 Å². The minimum atomic E-state index is -0.274. The minimum Gasteiger partial charge on any atom is -0.494 e. The van der Waals surface area contributed by atoms with E-state index >= 15 is 0 Å². The number of halogens is 1. The van der Waals surface area contributed by atoms with Gasteiger partial charge < -0.3 is 10.1 Å². The molecule has 16 heavy (non-hydrogen) atoms. The van der Waals surface area contributed by atoms with Crippen LogP contribution in [0.4, 0.5) is 4.39 Å². The normalized spacial score (nSPS) is 11.6. The van der Waals surface area contributed by atoms with E-state index in [1.54, 1.807) is 18.2 Å². The van der Waals surface area contributed by atoms with E-state index in [0.717, 1.165) is 6.42 Å². The standard InChI is InChI=1S/C13H20FNO/c1-5-13(2,3)15-9-10-7-6-8-11(16-4)12(10)14/h6-8,15H,5,9H2,1-4H3. The zero-order chi connectivity index (χ0) is 12.2. The Morgan fingerprint density at radius 3 is 2.62 bits per heavy atom. The van der Waals surface area contributed by atoms with Gasteiger partial charge in [0.2, 0.25) is 0 Å². The lowest BCUT2D eigenvalue weighted by Gasteiger charge is -2.24. The molecule has 1 aromatic carbocycles. The van der Waals surface area contributed by atoms with Crippen molar-refractivity contribution in [2.45, 2.75) is 39.3 Å². The van der Waals surface area contributed by atoms with E-state index < -0.39 is 0 Å². The quantitative estimate of drug-likeness (QED) is 0.831. The fourth-order valence-corrected chi connectivity index (χ4v) is 1.31. The third-order valence-corrected chi connectivity index (χ3v) is 2.90. The molecule has 0 heterocycles. The smallest absolute Gasteiger partial charge is 0.169 e. The van der Waals surface area contributed by atoms with Crippen LogP contribution < -0.4 is 10.1 Å². The second kappa shape index (κ2) is 5.30. The Hall–Kier alpha value is -1.09. The fourth-order valence-electron chi connectivity index (χ4n) is 1.31. The van der Waals surface area contributed by atoms with Crippen molar-refractivity contribution in [2.24, 2.45) is 0 Å². The van der Waals surface area contributed by atoms with Crippen molar-refractivity contribution < 1.29 is 9.13 Å². The minimum absolute atomic E-state index is 0.0233. The molecule has 0 saturated heterocycles. The van der Waals surface area contributed by atoms with Gasteiger partial charge >= 0.3 is 0 Å². The Balaban J connectivity index is 2.75. The van der Waals surface area contributed by atoms with Crippen LogP contribution in [0.1, 0.15) is 32.8 Å². The summed E-state index contributed by atoms with van der Waals surface area (Å²) in [7, 11) is 1.48. The molecule has 1 N–H and O–H groups in total. The monoisotopic (exact) mass is 225 g/mol. The SMILES string of the molecule is CCC(C)(C)NCc1cccc(OC)c1F. The first kappa shape index (κ1) is 13.0. The van der Waals surface area contributed by atoms with Crippen molar-refractivity contribution >= 4 is 0 Å². The van der Waals surface area contributed by atoms with Crippen molar-refractivity contribution in [3.05, 3.63) is 29.6 Å². The third-order valence-electron chi connectivity index (χ3n) is 2.90. The maximum absolute atomic E-state index is 13.8. The molecule has 1 rings (SSSR count). The number of ether oxygens (including phenoxy) is 1. The van der Waals surface area contributed by atoms with Crippen LogP contribution >= 0.6 is 0 Å². The summed E-state index contributed by atoms with van der Waals surface area (Å²) in [4.78, 5) is 0. The molecule has 0 saturated carbocycles. The van der Waals surface area contributed by atoms with Gasteiger partial charge in [0.1, 0.15) is 0 Å². The Bertz CT molecular complexity index is 350. The maximum Gasteiger partial charge on any atom is 0.169 e. The van der Waals surface area contributed by atoms with Gasteiger partial charge in [-0.2, -0.15) is 0 Å². The Kier molecular flexibility index (Phi) is 4.30. The van der Waals surface area contributed by atoms with Crippen molar-refractivity contribution in [1.82, 2.24) is 5.32 Å². The first-order chi connectivity index (χ1) is 7.50. The molecule has 0 unspecified atom stereocenters. The number of benzene rings is 1. The molecule has 0 aliphatic carbocycles. The average Bonchev–Trinajstić information content (AvgIpc) is 2.28. The summed E-state index contributed by atoms with van der Waals surface area (Å²) >= 11 is 0. The zero-order valence-electron chi connectivity index (χ0n) is 10.4. The van der Waals surface area contributed by atoms with Crippen LogP contribution in [0.15, 0.2) is 18.2 Å². The average molecular weight is 225 g/mol. The maximum atomic E-state index is 13.8. The van der Waals surface area contributed by atoms with Crippen LogP contribution in [0.3, 0.4) is 0 Å². The molecule has 0 radical (unpaired) electrons. The van der Waals surface area contributed by atoms with Crippen molar-refractivity contribution in [3.8, 4) is 5.75 Å². The molecule has 0 fully saturated rings. The lowest BCUT2D eigenvalue weighted by molar-refractivity contribution is 0.361. The highest BCUT2D eigenvalue weighted by molar-refractivity contribution is 5.31. The highest BCUT2D eigenvalue weighted by atomic mass is 19.1. The second-order valence-corrected chi connectivity index (χ2v) is 4.52. The molecule has 0 spiro atoms. The third kappa shape index (κ3) is 3.20. The molecule has 0 aliphatic rings. The first-order valence-electron chi connectivity index (χ1n) is 5.56. The number of nitrogens with one attached hydrogen (secondary N) is 1. The van der Waals surface area contributed by atoms with Gasteiger partial charge in [-0.15, -0.1) is 0 Å². The molecule has 0 atom stereocenters. The van der Waals surface area contributed by atoms with E-state index in [2.05, 4.69) is 26.1 Å². The summed E-state index contributed by atoms with van der Waals surface area (Å²) in [5.74, 6) is 0.0259. The van der Waals surface area contributed by atoms with Gasteiger partial charge in [0.25, 0.3) is 0 Å². The molecule has 0 aliphatic heterocycles. The zero-order valence-corrected chi connectivity index (χ0v) is 10.4. The summed E-state index contributed by atoms with van der Waals surface area (Å²) in [6.45, 7) is 6.83. The Morgan fingerprint density at radius 1 is 1.38 bits per heavy atom. The van der Waals surface area contributed by atoms with Crippen LogP contribution in [0.25, 0.3) is 0 Å².